The molecule has 0 bridgehead atoms. The minimum absolute atomic E-state index is 0.655. The van der Waals surface area contributed by atoms with Gasteiger partial charge in [0.2, 0.25) is 0 Å². The van der Waals surface area contributed by atoms with Crippen molar-refractivity contribution in [3.05, 3.63) is 24.3 Å². The van der Waals surface area contributed by atoms with E-state index in [2.05, 4.69) is 35.8 Å². The van der Waals surface area contributed by atoms with Crippen LogP contribution in [0, 0.1) is 0 Å². The maximum atomic E-state index is 5.35. The van der Waals surface area contributed by atoms with Crippen LogP contribution in [0.15, 0.2) is 29.2 Å². The van der Waals surface area contributed by atoms with Gasteiger partial charge in [0.15, 0.2) is 0 Å². The zero-order chi connectivity index (χ0) is 11.6. The fourth-order valence-corrected chi connectivity index (χ4v) is 1.63. The van der Waals surface area contributed by atoms with Gasteiger partial charge in [-0.2, -0.15) is 0 Å². The zero-order valence-electron chi connectivity index (χ0n) is 9.86. The van der Waals surface area contributed by atoms with E-state index in [0.29, 0.717) is 19.8 Å². The van der Waals surface area contributed by atoms with Gasteiger partial charge in [-0.1, -0.05) is 0 Å². The first kappa shape index (κ1) is 13.4. The van der Waals surface area contributed by atoms with Crippen LogP contribution in [0.3, 0.4) is 0 Å². The van der Waals surface area contributed by atoms with E-state index in [1.807, 2.05) is 0 Å². The molecule has 0 aliphatic carbocycles. The van der Waals surface area contributed by atoms with Crippen LogP contribution in [0.5, 0.6) is 0 Å². The molecule has 3 nitrogen and oxygen atoms in total. The second-order valence-corrected chi connectivity index (χ2v) is 4.14. The van der Waals surface area contributed by atoms with Gasteiger partial charge < -0.3 is 14.8 Å². The largest absolute Gasteiger partial charge is 0.383 e. The minimum Gasteiger partial charge on any atom is -0.383 e. The Labute approximate surface area is 102 Å². The fourth-order valence-electron chi connectivity index (χ4n) is 1.22. The van der Waals surface area contributed by atoms with Crippen LogP contribution in [0.4, 0.5) is 5.69 Å². The van der Waals surface area contributed by atoms with E-state index in [4.69, 9.17) is 9.47 Å². The van der Waals surface area contributed by atoms with Crippen LogP contribution >= 0.6 is 11.8 Å². The van der Waals surface area contributed by atoms with Crippen molar-refractivity contribution in [2.24, 2.45) is 0 Å². The van der Waals surface area contributed by atoms with E-state index in [9.17, 15) is 0 Å². The van der Waals surface area contributed by atoms with E-state index in [1.165, 1.54) is 4.90 Å². The molecule has 1 rings (SSSR count). The molecule has 1 N–H and O–H groups in total. The highest BCUT2D eigenvalue weighted by atomic mass is 32.2. The average Bonchev–Trinajstić information content (AvgIpc) is 2.34. The van der Waals surface area contributed by atoms with Crippen LogP contribution in [-0.2, 0) is 9.47 Å². The van der Waals surface area contributed by atoms with Crippen LogP contribution < -0.4 is 5.32 Å². The molecule has 0 aliphatic heterocycles. The van der Waals surface area contributed by atoms with E-state index >= 15 is 0 Å². The molecule has 0 aliphatic rings. The van der Waals surface area contributed by atoms with Gasteiger partial charge >= 0.3 is 0 Å². The number of rotatable bonds is 8. The molecule has 0 unspecified atom stereocenters. The summed E-state index contributed by atoms with van der Waals surface area (Å²) >= 11 is 1.75. The van der Waals surface area contributed by atoms with Crippen molar-refractivity contribution in [1.29, 1.82) is 0 Å². The Hall–Kier alpha value is -0.710. The SMILES string of the molecule is COCCOCCNc1ccc(SC)cc1. The Balaban J connectivity index is 2.12. The maximum absolute atomic E-state index is 5.35. The molecule has 4 heteroatoms. The topological polar surface area (TPSA) is 30.5 Å². The predicted molar refractivity (Wildman–Crippen MR) is 69.4 cm³/mol. The number of anilines is 1. The summed E-state index contributed by atoms with van der Waals surface area (Å²) < 4.78 is 10.2. The van der Waals surface area contributed by atoms with Gasteiger partial charge in [-0.3, -0.25) is 0 Å². The third kappa shape index (κ3) is 5.39. The molecule has 1 aromatic carbocycles. The number of thioether (sulfide) groups is 1. The molecule has 0 amide bonds. The Morgan fingerprint density at radius 2 is 1.88 bits per heavy atom. The normalized spacial score (nSPS) is 10.4. The first-order valence-corrected chi connectivity index (χ1v) is 6.54. The number of benzene rings is 1. The summed E-state index contributed by atoms with van der Waals surface area (Å²) in [6, 6.07) is 8.39. The number of hydrogen-bond acceptors (Lipinski definition) is 4. The van der Waals surface area contributed by atoms with E-state index < -0.39 is 0 Å². The third-order valence-corrected chi connectivity index (χ3v) is 2.84. The van der Waals surface area contributed by atoms with Gasteiger partial charge in [0.1, 0.15) is 0 Å². The Bertz CT molecular complexity index is 277. The number of methoxy groups -OCH3 is 1. The van der Waals surface area contributed by atoms with E-state index in [0.717, 1.165) is 12.2 Å². The molecular weight excluding hydrogens is 222 g/mol. The first-order valence-electron chi connectivity index (χ1n) is 5.31. The van der Waals surface area contributed by atoms with Crippen molar-refractivity contribution in [1.82, 2.24) is 0 Å². The molecule has 0 spiro atoms. The summed E-state index contributed by atoms with van der Waals surface area (Å²) in [4.78, 5) is 1.28. The molecular formula is C12H19NO2S. The highest BCUT2D eigenvalue weighted by Gasteiger charge is 1.93. The van der Waals surface area contributed by atoms with Crippen molar-refractivity contribution in [2.75, 3.05) is 45.0 Å². The zero-order valence-corrected chi connectivity index (χ0v) is 10.7. The molecule has 16 heavy (non-hydrogen) atoms. The molecule has 0 radical (unpaired) electrons. The summed E-state index contributed by atoms with van der Waals surface area (Å²) in [5, 5.41) is 3.30. The van der Waals surface area contributed by atoms with Gasteiger partial charge in [0.25, 0.3) is 0 Å². The molecule has 0 aromatic heterocycles. The predicted octanol–water partition coefficient (Wildman–Crippen LogP) is 2.48. The third-order valence-electron chi connectivity index (χ3n) is 2.10. The summed E-state index contributed by atoms with van der Waals surface area (Å²) in [6.07, 6.45) is 2.08. The quantitative estimate of drug-likeness (QED) is 0.559. The molecule has 0 saturated heterocycles. The highest BCUT2D eigenvalue weighted by Crippen LogP contribution is 2.17. The second kappa shape index (κ2) is 8.44. The summed E-state index contributed by atoms with van der Waals surface area (Å²) in [7, 11) is 1.68. The monoisotopic (exact) mass is 241 g/mol. The lowest BCUT2D eigenvalue weighted by atomic mass is 10.3. The van der Waals surface area contributed by atoms with E-state index in [-0.39, 0.29) is 0 Å². The fraction of sp³-hybridized carbons (Fsp3) is 0.500. The molecule has 1 aromatic rings. The van der Waals surface area contributed by atoms with Crippen molar-refractivity contribution in [3.8, 4) is 0 Å². The van der Waals surface area contributed by atoms with Crippen molar-refractivity contribution in [2.45, 2.75) is 4.90 Å². The van der Waals surface area contributed by atoms with Gasteiger partial charge in [-0.05, 0) is 30.5 Å². The molecule has 0 fully saturated rings. The van der Waals surface area contributed by atoms with Crippen LogP contribution in [-0.4, -0.2) is 39.7 Å². The van der Waals surface area contributed by atoms with Crippen molar-refractivity contribution < 1.29 is 9.47 Å². The van der Waals surface area contributed by atoms with Crippen molar-refractivity contribution >= 4 is 17.4 Å². The van der Waals surface area contributed by atoms with Crippen molar-refractivity contribution in [3.63, 3.8) is 0 Å². The maximum Gasteiger partial charge on any atom is 0.0701 e. The summed E-state index contributed by atoms with van der Waals surface area (Å²) in [5.41, 5.74) is 1.13. The summed E-state index contributed by atoms with van der Waals surface area (Å²) in [6.45, 7) is 2.84. The summed E-state index contributed by atoms with van der Waals surface area (Å²) in [5.74, 6) is 0. The van der Waals surface area contributed by atoms with Crippen LogP contribution in [0.2, 0.25) is 0 Å². The van der Waals surface area contributed by atoms with Gasteiger partial charge in [-0.15, -0.1) is 11.8 Å². The van der Waals surface area contributed by atoms with Gasteiger partial charge in [0, 0.05) is 24.2 Å². The lowest BCUT2D eigenvalue weighted by Gasteiger charge is -2.07. The highest BCUT2D eigenvalue weighted by molar-refractivity contribution is 7.98. The molecule has 0 atom stereocenters. The number of ether oxygens (including phenoxy) is 2. The molecule has 0 saturated carbocycles. The number of hydrogen-bond donors (Lipinski definition) is 1. The lowest BCUT2D eigenvalue weighted by Crippen LogP contribution is -2.11. The Morgan fingerprint density at radius 1 is 1.12 bits per heavy atom. The molecule has 90 valence electrons. The Morgan fingerprint density at radius 3 is 2.50 bits per heavy atom. The molecule has 0 heterocycles. The van der Waals surface area contributed by atoms with Crippen LogP contribution in [0.1, 0.15) is 0 Å². The van der Waals surface area contributed by atoms with Gasteiger partial charge in [0.05, 0.1) is 19.8 Å². The van der Waals surface area contributed by atoms with Crippen LogP contribution in [0.25, 0.3) is 0 Å². The first-order chi connectivity index (χ1) is 7.86. The number of nitrogens with one attached hydrogen (secondary N) is 1. The smallest absolute Gasteiger partial charge is 0.0701 e. The second-order valence-electron chi connectivity index (χ2n) is 3.26. The lowest BCUT2D eigenvalue weighted by molar-refractivity contribution is 0.0759. The Kier molecular flexibility index (Phi) is 7.05. The van der Waals surface area contributed by atoms with E-state index in [1.54, 1.807) is 18.9 Å². The van der Waals surface area contributed by atoms with Gasteiger partial charge in [-0.25, -0.2) is 0 Å². The standard InChI is InChI=1S/C12H19NO2S/c1-14-9-10-15-8-7-13-11-3-5-12(16-2)6-4-11/h3-6,13H,7-10H2,1-2H3. The minimum atomic E-state index is 0.655. The average molecular weight is 241 g/mol.